The Morgan fingerprint density at radius 2 is 1.62 bits per heavy atom. The number of rotatable bonds is 10. The minimum absolute atomic E-state index is 0.00130. The normalized spacial score (nSPS) is 22.0. The van der Waals surface area contributed by atoms with Crippen LogP contribution >= 0.6 is 0 Å². The van der Waals surface area contributed by atoms with Crippen molar-refractivity contribution in [2.45, 2.75) is 83.3 Å². The second kappa shape index (κ2) is 16.3. The van der Waals surface area contributed by atoms with Gasteiger partial charge in [0, 0.05) is 106 Å². The lowest BCUT2D eigenvalue weighted by molar-refractivity contribution is -0.217. The molecule has 1 spiro atoms. The molecule has 2 atom stereocenters. The summed E-state index contributed by atoms with van der Waals surface area (Å²) in [5.74, 6) is -0.524. The molecule has 2 aromatic carbocycles. The van der Waals surface area contributed by atoms with Gasteiger partial charge >= 0.3 is 6.18 Å². The molecule has 0 aliphatic carbocycles. The first-order valence-corrected chi connectivity index (χ1v) is 21.9. The number of benzene rings is 2. The van der Waals surface area contributed by atoms with Crippen molar-refractivity contribution in [2.24, 2.45) is 18.4 Å². The maximum Gasteiger partial charge on any atom is 0.404 e. The largest absolute Gasteiger partial charge is 0.496 e. The van der Waals surface area contributed by atoms with Crippen LogP contribution in [0.25, 0.3) is 11.1 Å². The molecule has 0 radical (unpaired) electrons. The molecule has 1 N–H and O–H groups in total. The molecule has 336 valence electrons. The van der Waals surface area contributed by atoms with Crippen LogP contribution in [0.1, 0.15) is 71.6 Å². The lowest BCUT2D eigenvalue weighted by Crippen LogP contribution is -2.66. The molecule has 14 nitrogen and oxygen atoms in total. The molecular weight excluding hydrogens is 820 g/mol. The molecule has 4 saturated heterocycles. The van der Waals surface area contributed by atoms with Crippen molar-refractivity contribution >= 4 is 29.3 Å². The van der Waals surface area contributed by atoms with Crippen LogP contribution < -0.4 is 25.2 Å². The van der Waals surface area contributed by atoms with Crippen molar-refractivity contribution in [1.82, 2.24) is 29.5 Å². The first kappa shape index (κ1) is 42.9. The van der Waals surface area contributed by atoms with Crippen molar-refractivity contribution in [3.63, 3.8) is 0 Å². The van der Waals surface area contributed by atoms with Gasteiger partial charge in [-0.25, -0.2) is 0 Å². The number of anilines is 1. The number of amides is 4. The zero-order chi connectivity index (χ0) is 44.5. The molecule has 3 aromatic rings. The van der Waals surface area contributed by atoms with Crippen LogP contribution in [0.2, 0.25) is 0 Å². The minimum atomic E-state index is -4.39. The van der Waals surface area contributed by atoms with Gasteiger partial charge in [0.15, 0.2) is 0 Å². The van der Waals surface area contributed by atoms with Gasteiger partial charge in [0.1, 0.15) is 23.6 Å². The average molecular weight is 874 g/mol. The van der Waals surface area contributed by atoms with E-state index in [1.54, 1.807) is 44.2 Å². The second-order valence-corrected chi connectivity index (χ2v) is 18.3. The molecule has 0 bridgehead atoms. The van der Waals surface area contributed by atoms with Gasteiger partial charge in [-0.1, -0.05) is 13.0 Å². The van der Waals surface area contributed by atoms with E-state index in [-0.39, 0.29) is 54.8 Å². The van der Waals surface area contributed by atoms with E-state index >= 15 is 0 Å². The first-order valence-electron chi connectivity index (χ1n) is 21.9. The molecular formula is C46H54F3N7O7. The van der Waals surface area contributed by atoms with E-state index in [1.807, 2.05) is 35.2 Å². The summed E-state index contributed by atoms with van der Waals surface area (Å²) in [4.78, 5) is 72.3. The topological polar surface area (TPSA) is 137 Å². The molecule has 63 heavy (non-hydrogen) atoms. The standard InChI is InChI=1S/C46H54F3N7O7/c1-5-40(58)54-13-10-31-33(22-51(2)43(60)34(31)24-54)28-16-37(62-3)35(38(17-28)63-4)23-52-19-29(20-52)41(46(47,48)49)53-14-11-45(12-15-53)25-55(26-45)30-7-6-27-21-56(44(61)32(27)18-30)36-8-9-39(57)50-42(36)59/h6-7,16-18,22,29,36,41H,5,8-15,19-21,23-26H2,1-4H3,(H,50,57,59). The van der Waals surface area contributed by atoms with Crippen LogP contribution in [0.4, 0.5) is 18.9 Å². The monoisotopic (exact) mass is 873 g/mol. The number of nitrogens with zero attached hydrogens (tertiary/aromatic N) is 6. The number of hydrogen-bond donors (Lipinski definition) is 1. The fourth-order valence-electron chi connectivity index (χ4n) is 11.0. The zero-order valence-electron chi connectivity index (χ0n) is 36.2. The van der Waals surface area contributed by atoms with E-state index < -0.39 is 30.1 Å². The van der Waals surface area contributed by atoms with E-state index in [0.29, 0.717) is 101 Å². The Kier molecular flexibility index (Phi) is 11.1. The molecule has 2 unspecified atom stereocenters. The predicted octanol–water partition coefficient (Wildman–Crippen LogP) is 4.09. The third kappa shape index (κ3) is 7.74. The van der Waals surface area contributed by atoms with Gasteiger partial charge in [-0.3, -0.25) is 39.1 Å². The van der Waals surface area contributed by atoms with Gasteiger partial charge in [0.05, 0.1) is 26.3 Å². The Morgan fingerprint density at radius 1 is 0.921 bits per heavy atom. The van der Waals surface area contributed by atoms with Crippen molar-refractivity contribution in [1.29, 1.82) is 0 Å². The number of alkyl halides is 3. The molecule has 0 saturated carbocycles. The van der Waals surface area contributed by atoms with E-state index in [9.17, 15) is 37.1 Å². The number of aryl methyl sites for hydroxylation is 1. The first-order chi connectivity index (χ1) is 30.1. The number of halogens is 3. The zero-order valence-corrected chi connectivity index (χ0v) is 36.2. The van der Waals surface area contributed by atoms with Gasteiger partial charge in [-0.05, 0) is 79.7 Å². The summed E-state index contributed by atoms with van der Waals surface area (Å²) in [5, 5.41) is 2.33. The number of methoxy groups -OCH3 is 2. The van der Waals surface area contributed by atoms with Crippen molar-refractivity contribution in [2.75, 3.05) is 64.9 Å². The van der Waals surface area contributed by atoms with Crippen LogP contribution in [0.5, 0.6) is 11.5 Å². The number of carbonyl (C=O) groups is 4. The molecule has 17 heteroatoms. The Morgan fingerprint density at radius 3 is 2.25 bits per heavy atom. The maximum atomic E-state index is 14.9. The van der Waals surface area contributed by atoms with Crippen LogP contribution in [-0.2, 0) is 47.5 Å². The predicted molar refractivity (Wildman–Crippen MR) is 226 cm³/mol. The molecule has 4 amide bonds. The van der Waals surface area contributed by atoms with Gasteiger partial charge in [-0.15, -0.1) is 0 Å². The molecule has 6 aliphatic rings. The average Bonchev–Trinajstić information content (AvgIpc) is 3.57. The number of likely N-dealkylation sites (tertiary alicyclic amines) is 2. The summed E-state index contributed by atoms with van der Waals surface area (Å²) in [7, 11) is 4.80. The lowest BCUT2D eigenvalue weighted by Gasteiger charge is -2.57. The molecule has 4 fully saturated rings. The molecule has 9 rings (SSSR count). The van der Waals surface area contributed by atoms with E-state index in [0.717, 1.165) is 33.5 Å². The van der Waals surface area contributed by atoms with E-state index in [1.165, 1.54) is 9.47 Å². The van der Waals surface area contributed by atoms with Crippen LogP contribution in [0.3, 0.4) is 0 Å². The highest BCUT2D eigenvalue weighted by Gasteiger charge is 2.55. The number of hydrogen-bond acceptors (Lipinski definition) is 10. The Balaban J connectivity index is 0.827. The summed E-state index contributed by atoms with van der Waals surface area (Å²) in [6.07, 6.45) is 0.0751. The van der Waals surface area contributed by atoms with Crippen LogP contribution in [-0.4, -0.2) is 126 Å². The number of imide groups is 1. The summed E-state index contributed by atoms with van der Waals surface area (Å²) in [6, 6.07) is 7.29. The van der Waals surface area contributed by atoms with E-state index in [2.05, 4.69) is 10.2 Å². The number of piperidine rings is 2. The Labute approximate surface area is 363 Å². The maximum absolute atomic E-state index is 14.9. The fourth-order valence-corrected chi connectivity index (χ4v) is 11.0. The summed E-state index contributed by atoms with van der Waals surface area (Å²) in [6.45, 7) is 5.85. The second-order valence-electron chi connectivity index (χ2n) is 18.3. The smallest absolute Gasteiger partial charge is 0.404 e. The highest BCUT2D eigenvalue weighted by molar-refractivity contribution is 6.05. The third-order valence-corrected chi connectivity index (χ3v) is 14.5. The third-order valence-electron chi connectivity index (χ3n) is 14.5. The summed E-state index contributed by atoms with van der Waals surface area (Å²) < 4.78 is 58.0. The highest BCUT2D eigenvalue weighted by Crippen LogP contribution is 2.47. The highest BCUT2D eigenvalue weighted by atomic mass is 19.4. The quantitative estimate of drug-likeness (QED) is 0.297. The van der Waals surface area contributed by atoms with Gasteiger partial charge in [-0.2, -0.15) is 13.2 Å². The van der Waals surface area contributed by atoms with Crippen molar-refractivity contribution in [3.8, 4) is 22.6 Å². The van der Waals surface area contributed by atoms with E-state index in [4.69, 9.17) is 9.47 Å². The SMILES string of the molecule is CCC(=O)N1CCc2c(-c3cc(OC)c(CN4CC(C(N5CCC6(CC5)CN(c5ccc7c(c5)C(=O)N(C5CCC(=O)NC5=O)C7)C6)C(F)(F)F)C4)c(OC)c3)cn(C)c(=O)c2C1. The van der Waals surface area contributed by atoms with Gasteiger partial charge < -0.3 is 28.7 Å². The molecule has 1 aromatic heterocycles. The minimum Gasteiger partial charge on any atom is -0.496 e. The number of pyridine rings is 1. The fraction of sp³-hybridized carbons (Fsp3) is 0.543. The number of ether oxygens (including phenoxy) is 2. The Bertz CT molecular complexity index is 2390. The molecule has 6 aliphatic heterocycles. The lowest BCUT2D eigenvalue weighted by atomic mass is 9.71. The van der Waals surface area contributed by atoms with Crippen molar-refractivity contribution < 1.29 is 41.8 Å². The summed E-state index contributed by atoms with van der Waals surface area (Å²) in [5.41, 5.74) is 5.85. The Hall–Kier alpha value is -5.42. The van der Waals surface area contributed by atoms with Crippen molar-refractivity contribution in [3.05, 3.63) is 74.7 Å². The van der Waals surface area contributed by atoms with Gasteiger partial charge in [0.2, 0.25) is 17.7 Å². The number of fused-ring (bicyclic) bond motifs is 2. The summed E-state index contributed by atoms with van der Waals surface area (Å²) >= 11 is 0. The number of carbonyl (C=O) groups excluding carboxylic acids is 4. The number of aromatic nitrogens is 1. The number of nitrogens with one attached hydrogen (secondary N) is 1. The van der Waals surface area contributed by atoms with Crippen LogP contribution in [0.15, 0.2) is 41.3 Å². The van der Waals surface area contributed by atoms with Gasteiger partial charge in [0.25, 0.3) is 11.5 Å². The molecule has 7 heterocycles. The van der Waals surface area contributed by atoms with Crippen LogP contribution in [0, 0.1) is 11.3 Å².